The Morgan fingerprint density at radius 2 is 2.00 bits per heavy atom. The van der Waals surface area contributed by atoms with Crippen molar-refractivity contribution in [2.45, 2.75) is 77.3 Å². The van der Waals surface area contributed by atoms with Crippen molar-refractivity contribution in [1.82, 2.24) is 15.1 Å². The first kappa shape index (κ1) is 14.6. The number of nitrogens with one attached hydrogen (secondary N) is 1. The summed E-state index contributed by atoms with van der Waals surface area (Å²) in [5.41, 5.74) is 1.36. The second-order valence-corrected chi connectivity index (χ2v) is 5.81. The molecule has 1 aliphatic carbocycles. The van der Waals surface area contributed by atoms with Crippen LogP contribution in [0.4, 0.5) is 0 Å². The minimum Gasteiger partial charge on any atom is -0.310 e. The van der Waals surface area contributed by atoms with Crippen LogP contribution in [0.2, 0.25) is 0 Å². The van der Waals surface area contributed by atoms with E-state index in [1.807, 2.05) is 0 Å². The monoisotopic (exact) mass is 263 g/mol. The molecular formula is C16H29N3. The maximum atomic E-state index is 4.64. The van der Waals surface area contributed by atoms with E-state index in [1.165, 1.54) is 50.5 Å². The molecular weight excluding hydrogens is 234 g/mol. The van der Waals surface area contributed by atoms with E-state index in [2.05, 4.69) is 41.3 Å². The molecule has 0 saturated heterocycles. The lowest BCUT2D eigenvalue weighted by molar-refractivity contribution is 0.404. The van der Waals surface area contributed by atoms with E-state index in [9.17, 15) is 0 Å². The van der Waals surface area contributed by atoms with Gasteiger partial charge in [-0.15, -0.1) is 0 Å². The molecule has 0 radical (unpaired) electrons. The lowest BCUT2D eigenvalue weighted by Gasteiger charge is -2.16. The Morgan fingerprint density at radius 3 is 2.63 bits per heavy atom. The van der Waals surface area contributed by atoms with Gasteiger partial charge in [0.15, 0.2) is 0 Å². The summed E-state index contributed by atoms with van der Waals surface area (Å²) in [4.78, 5) is 0. The molecule has 0 spiro atoms. The minimum absolute atomic E-state index is 0.472. The van der Waals surface area contributed by atoms with Crippen molar-refractivity contribution in [2.75, 3.05) is 6.54 Å². The maximum Gasteiger partial charge on any atom is 0.0537 e. The normalized spacial score (nSPS) is 19.3. The fourth-order valence-electron chi connectivity index (χ4n) is 3.07. The maximum absolute atomic E-state index is 4.64. The summed E-state index contributed by atoms with van der Waals surface area (Å²) < 4.78 is 2.23. The Hall–Kier alpha value is -0.830. The first-order chi connectivity index (χ1) is 9.35. The molecule has 1 fully saturated rings. The molecule has 0 amide bonds. The van der Waals surface area contributed by atoms with Crippen LogP contribution in [-0.2, 0) is 0 Å². The average Bonchev–Trinajstić information content (AvgIpc) is 2.75. The Bertz CT molecular complexity index is 351. The van der Waals surface area contributed by atoms with Crippen LogP contribution in [0.1, 0.15) is 82.9 Å². The average molecular weight is 263 g/mol. The van der Waals surface area contributed by atoms with Crippen molar-refractivity contribution in [3.05, 3.63) is 18.0 Å². The second kappa shape index (κ2) is 7.68. The largest absolute Gasteiger partial charge is 0.310 e. The molecule has 0 bridgehead atoms. The van der Waals surface area contributed by atoms with E-state index in [4.69, 9.17) is 0 Å². The third kappa shape index (κ3) is 4.07. The summed E-state index contributed by atoms with van der Waals surface area (Å²) in [6.45, 7) is 5.55. The van der Waals surface area contributed by atoms with E-state index in [1.54, 1.807) is 0 Å². The smallest absolute Gasteiger partial charge is 0.0537 e. The van der Waals surface area contributed by atoms with Crippen molar-refractivity contribution in [2.24, 2.45) is 0 Å². The molecule has 3 nitrogen and oxygen atoms in total. The van der Waals surface area contributed by atoms with Crippen LogP contribution in [0, 0.1) is 0 Å². The zero-order valence-corrected chi connectivity index (χ0v) is 12.6. The molecule has 1 unspecified atom stereocenters. The standard InChI is InChI=1S/C16H29N3/c1-3-11-17-16(4-2)14-12-18-19(13-14)15-9-7-5-6-8-10-15/h12-13,15-17H,3-11H2,1-2H3. The van der Waals surface area contributed by atoms with Crippen LogP contribution in [-0.4, -0.2) is 16.3 Å². The molecule has 3 heteroatoms. The Kier molecular flexibility index (Phi) is 5.90. The lowest BCUT2D eigenvalue weighted by atomic mass is 10.1. The van der Waals surface area contributed by atoms with Gasteiger partial charge in [-0.2, -0.15) is 5.10 Å². The highest BCUT2D eigenvalue weighted by atomic mass is 15.3. The van der Waals surface area contributed by atoms with E-state index in [0.29, 0.717) is 12.1 Å². The van der Waals surface area contributed by atoms with Gasteiger partial charge in [-0.1, -0.05) is 39.5 Å². The molecule has 1 N–H and O–H groups in total. The van der Waals surface area contributed by atoms with Gasteiger partial charge in [0.2, 0.25) is 0 Å². The molecule has 1 saturated carbocycles. The van der Waals surface area contributed by atoms with Gasteiger partial charge >= 0.3 is 0 Å². The van der Waals surface area contributed by atoms with Crippen LogP contribution in [0.5, 0.6) is 0 Å². The van der Waals surface area contributed by atoms with Gasteiger partial charge in [-0.3, -0.25) is 4.68 Å². The lowest BCUT2D eigenvalue weighted by Crippen LogP contribution is -2.21. The third-order valence-electron chi connectivity index (χ3n) is 4.27. The summed E-state index contributed by atoms with van der Waals surface area (Å²) in [5, 5.41) is 8.25. The Balaban J connectivity index is 1.99. The van der Waals surface area contributed by atoms with Crippen LogP contribution in [0.15, 0.2) is 12.4 Å². The predicted molar refractivity (Wildman–Crippen MR) is 80.3 cm³/mol. The van der Waals surface area contributed by atoms with Crippen molar-refractivity contribution < 1.29 is 0 Å². The molecule has 1 atom stereocenters. The van der Waals surface area contributed by atoms with Crippen LogP contribution in [0.3, 0.4) is 0 Å². The highest BCUT2D eigenvalue weighted by molar-refractivity contribution is 5.10. The molecule has 0 aromatic carbocycles. The van der Waals surface area contributed by atoms with Crippen molar-refractivity contribution in [1.29, 1.82) is 0 Å². The fraction of sp³-hybridized carbons (Fsp3) is 0.812. The van der Waals surface area contributed by atoms with Crippen LogP contribution in [0.25, 0.3) is 0 Å². The quantitative estimate of drug-likeness (QED) is 0.778. The summed E-state index contributed by atoms with van der Waals surface area (Å²) in [7, 11) is 0. The van der Waals surface area contributed by atoms with Crippen LogP contribution >= 0.6 is 0 Å². The van der Waals surface area contributed by atoms with E-state index < -0.39 is 0 Å². The highest BCUT2D eigenvalue weighted by Gasteiger charge is 2.17. The zero-order valence-electron chi connectivity index (χ0n) is 12.6. The van der Waals surface area contributed by atoms with E-state index in [0.717, 1.165) is 13.0 Å². The van der Waals surface area contributed by atoms with Gasteiger partial charge in [-0.05, 0) is 32.2 Å². The van der Waals surface area contributed by atoms with Gasteiger partial charge < -0.3 is 5.32 Å². The fourth-order valence-corrected chi connectivity index (χ4v) is 3.07. The summed E-state index contributed by atoms with van der Waals surface area (Å²) >= 11 is 0. The number of aromatic nitrogens is 2. The molecule has 108 valence electrons. The zero-order chi connectivity index (χ0) is 13.5. The van der Waals surface area contributed by atoms with Gasteiger partial charge in [0.05, 0.1) is 12.2 Å². The van der Waals surface area contributed by atoms with Gasteiger partial charge in [0.1, 0.15) is 0 Å². The molecule has 19 heavy (non-hydrogen) atoms. The van der Waals surface area contributed by atoms with Crippen molar-refractivity contribution >= 4 is 0 Å². The number of hydrogen-bond acceptors (Lipinski definition) is 2. The summed E-state index contributed by atoms with van der Waals surface area (Å²) in [6, 6.07) is 1.11. The Morgan fingerprint density at radius 1 is 1.26 bits per heavy atom. The van der Waals surface area contributed by atoms with Crippen molar-refractivity contribution in [3.8, 4) is 0 Å². The highest BCUT2D eigenvalue weighted by Crippen LogP contribution is 2.27. The number of nitrogens with zero attached hydrogens (tertiary/aromatic N) is 2. The van der Waals surface area contributed by atoms with Gasteiger partial charge in [0, 0.05) is 17.8 Å². The topological polar surface area (TPSA) is 29.9 Å². The predicted octanol–water partition coefficient (Wildman–Crippen LogP) is 4.23. The molecule has 1 heterocycles. The number of hydrogen-bond donors (Lipinski definition) is 1. The number of rotatable bonds is 6. The molecule has 1 aromatic heterocycles. The molecule has 0 aliphatic heterocycles. The SMILES string of the molecule is CCCNC(CC)c1cnn(C2CCCCCC2)c1. The molecule has 2 rings (SSSR count). The van der Waals surface area contributed by atoms with Crippen LogP contribution < -0.4 is 5.32 Å². The molecule has 1 aliphatic rings. The van der Waals surface area contributed by atoms with Gasteiger partial charge in [0.25, 0.3) is 0 Å². The first-order valence-electron chi connectivity index (χ1n) is 8.12. The summed E-state index contributed by atoms with van der Waals surface area (Å²) in [5.74, 6) is 0. The first-order valence-corrected chi connectivity index (χ1v) is 8.12. The summed E-state index contributed by atoms with van der Waals surface area (Å²) in [6.07, 6.45) is 14.8. The van der Waals surface area contributed by atoms with E-state index in [-0.39, 0.29) is 0 Å². The Labute approximate surface area is 117 Å². The minimum atomic E-state index is 0.472. The van der Waals surface area contributed by atoms with Gasteiger partial charge in [-0.25, -0.2) is 0 Å². The third-order valence-corrected chi connectivity index (χ3v) is 4.27. The van der Waals surface area contributed by atoms with E-state index >= 15 is 0 Å². The van der Waals surface area contributed by atoms with Crippen molar-refractivity contribution in [3.63, 3.8) is 0 Å². The molecule has 1 aromatic rings. The second-order valence-electron chi connectivity index (χ2n) is 5.81.